The van der Waals surface area contributed by atoms with Gasteiger partial charge in [0, 0.05) is 24.0 Å². The topological polar surface area (TPSA) is 45.2 Å². The quantitative estimate of drug-likeness (QED) is 0.810. The monoisotopic (exact) mass is 319 g/mol. The Kier molecular flexibility index (Phi) is 6.01. The molecule has 0 bridgehead atoms. The Balaban J connectivity index is 2.24. The van der Waals surface area contributed by atoms with Crippen LogP contribution in [0.15, 0.2) is 30.3 Å². The van der Waals surface area contributed by atoms with E-state index in [0.717, 1.165) is 29.3 Å². The SMILES string of the molecule is CCCCN(Cc1cc2ccccc2nc1Cl)C(=O)NCC. The number of amides is 2. The average molecular weight is 320 g/mol. The van der Waals surface area contributed by atoms with Crippen molar-refractivity contribution in [1.29, 1.82) is 0 Å². The Morgan fingerprint density at radius 2 is 2.09 bits per heavy atom. The third kappa shape index (κ3) is 4.10. The van der Waals surface area contributed by atoms with Gasteiger partial charge in [-0.2, -0.15) is 0 Å². The average Bonchev–Trinajstić information content (AvgIpc) is 2.52. The highest BCUT2D eigenvalue weighted by Crippen LogP contribution is 2.22. The first kappa shape index (κ1) is 16.6. The lowest BCUT2D eigenvalue weighted by Gasteiger charge is -2.23. The van der Waals surface area contributed by atoms with Crippen molar-refractivity contribution < 1.29 is 4.79 Å². The van der Waals surface area contributed by atoms with Gasteiger partial charge < -0.3 is 10.2 Å². The fourth-order valence-electron chi connectivity index (χ4n) is 2.32. The number of halogens is 1. The van der Waals surface area contributed by atoms with Crippen LogP contribution in [-0.4, -0.2) is 29.0 Å². The summed E-state index contributed by atoms with van der Waals surface area (Å²) in [6, 6.07) is 9.81. The minimum Gasteiger partial charge on any atom is -0.338 e. The Labute approximate surface area is 136 Å². The zero-order chi connectivity index (χ0) is 15.9. The molecular formula is C17H22ClN3O. The zero-order valence-electron chi connectivity index (χ0n) is 13.1. The highest BCUT2D eigenvalue weighted by molar-refractivity contribution is 6.30. The Morgan fingerprint density at radius 1 is 1.32 bits per heavy atom. The number of hydrogen-bond donors (Lipinski definition) is 1. The molecular weight excluding hydrogens is 298 g/mol. The minimum atomic E-state index is -0.0554. The molecule has 4 nitrogen and oxygen atoms in total. The van der Waals surface area contributed by atoms with E-state index >= 15 is 0 Å². The number of hydrogen-bond acceptors (Lipinski definition) is 2. The summed E-state index contributed by atoms with van der Waals surface area (Å²) in [5.41, 5.74) is 1.75. The molecule has 2 rings (SSSR count). The van der Waals surface area contributed by atoms with E-state index in [1.54, 1.807) is 4.90 Å². The maximum absolute atomic E-state index is 12.2. The van der Waals surface area contributed by atoms with Crippen LogP contribution >= 0.6 is 11.6 Å². The van der Waals surface area contributed by atoms with Gasteiger partial charge in [0.15, 0.2) is 0 Å². The van der Waals surface area contributed by atoms with Crippen molar-refractivity contribution in [3.63, 3.8) is 0 Å². The Morgan fingerprint density at radius 3 is 2.82 bits per heavy atom. The summed E-state index contributed by atoms with van der Waals surface area (Å²) in [7, 11) is 0. The van der Waals surface area contributed by atoms with E-state index in [0.29, 0.717) is 24.8 Å². The molecule has 2 amide bonds. The number of aromatic nitrogens is 1. The molecule has 0 fully saturated rings. The third-order valence-electron chi connectivity index (χ3n) is 3.51. The van der Waals surface area contributed by atoms with E-state index < -0.39 is 0 Å². The highest BCUT2D eigenvalue weighted by Gasteiger charge is 2.15. The molecule has 5 heteroatoms. The van der Waals surface area contributed by atoms with E-state index in [4.69, 9.17) is 11.6 Å². The van der Waals surface area contributed by atoms with E-state index in [1.807, 2.05) is 37.3 Å². The molecule has 0 unspecified atom stereocenters. The smallest absolute Gasteiger partial charge is 0.317 e. The molecule has 2 aromatic rings. The summed E-state index contributed by atoms with van der Waals surface area (Å²) in [6.45, 7) is 5.83. The number of nitrogens with one attached hydrogen (secondary N) is 1. The summed E-state index contributed by atoms with van der Waals surface area (Å²) in [5.74, 6) is 0. The number of urea groups is 1. The van der Waals surface area contributed by atoms with Gasteiger partial charge in [0.1, 0.15) is 5.15 Å². The van der Waals surface area contributed by atoms with Crippen LogP contribution in [0.1, 0.15) is 32.3 Å². The normalized spacial score (nSPS) is 10.7. The maximum atomic E-state index is 12.2. The fraction of sp³-hybridized carbons (Fsp3) is 0.412. The second kappa shape index (κ2) is 7.99. The highest BCUT2D eigenvalue weighted by atomic mass is 35.5. The second-order valence-electron chi connectivity index (χ2n) is 5.24. The number of benzene rings is 1. The molecule has 1 aromatic carbocycles. The van der Waals surface area contributed by atoms with Gasteiger partial charge in [0.2, 0.25) is 0 Å². The predicted octanol–water partition coefficient (Wildman–Crippen LogP) is 4.22. The molecule has 1 heterocycles. The van der Waals surface area contributed by atoms with Crippen LogP contribution in [0.4, 0.5) is 4.79 Å². The van der Waals surface area contributed by atoms with E-state index in [-0.39, 0.29) is 6.03 Å². The number of nitrogens with zero attached hydrogens (tertiary/aromatic N) is 2. The summed E-state index contributed by atoms with van der Waals surface area (Å²) >= 11 is 6.29. The molecule has 0 saturated heterocycles. The van der Waals surface area contributed by atoms with Crippen LogP contribution in [0.5, 0.6) is 0 Å². The molecule has 0 atom stereocenters. The van der Waals surface area contributed by atoms with Crippen LogP contribution in [0, 0.1) is 0 Å². The summed E-state index contributed by atoms with van der Waals surface area (Å²) < 4.78 is 0. The number of pyridine rings is 1. The number of para-hydroxylation sites is 1. The van der Waals surface area contributed by atoms with Crippen molar-refractivity contribution in [1.82, 2.24) is 15.2 Å². The lowest BCUT2D eigenvalue weighted by Crippen LogP contribution is -2.40. The summed E-state index contributed by atoms with van der Waals surface area (Å²) in [5, 5.41) is 4.35. The van der Waals surface area contributed by atoms with Gasteiger partial charge in [-0.1, -0.05) is 43.1 Å². The molecule has 0 radical (unpaired) electrons. The Bertz CT molecular complexity index is 645. The van der Waals surface area contributed by atoms with E-state index in [2.05, 4.69) is 17.2 Å². The van der Waals surface area contributed by atoms with Crippen molar-refractivity contribution in [3.05, 3.63) is 41.0 Å². The van der Waals surface area contributed by atoms with Crippen LogP contribution in [-0.2, 0) is 6.54 Å². The molecule has 0 saturated carbocycles. The number of carbonyl (C=O) groups excluding carboxylic acids is 1. The van der Waals surface area contributed by atoms with Crippen molar-refractivity contribution in [2.24, 2.45) is 0 Å². The molecule has 0 aliphatic rings. The maximum Gasteiger partial charge on any atom is 0.317 e. The van der Waals surface area contributed by atoms with Crippen molar-refractivity contribution in [2.75, 3.05) is 13.1 Å². The van der Waals surface area contributed by atoms with Crippen LogP contribution in [0.25, 0.3) is 10.9 Å². The fourth-order valence-corrected chi connectivity index (χ4v) is 2.52. The van der Waals surface area contributed by atoms with Crippen molar-refractivity contribution >= 4 is 28.5 Å². The van der Waals surface area contributed by atoms with Crippen LogP contribution in [0.3, 0.4) is 0 Å². The van der Waals surface area contributed by atoms with E-state index in [9.17, 15) is 4.79 Å². The molecule has 118 valence electrons. The summed E-state index contributed by atoms with van der Waals surface area (Å²) in [4.78, 5) is 18.4. The van der Waals surface area contributed by atoms with Gasteiger partial charge >= 0.3 is 6.03 Å². The molecule has 0 aliphatic heterocycles. The predicted molar refractivity (Wildman–Crippen MR) is 91.1 cm³/mol. The zero-order valence-corrected chi connectivity index (χ0v) is 13.9. The summed E-state index contributed by atoms with van der Waals surface area (Å²) in [6.07, 6.45) is 2.01. The van der Waals surface area contributed by atoms with Gasteiger partial charge in [0.25, 0.3) is 0 Å². The Hall–Kier alpha value is -1.81. The largest absolute Gasteiger partial charge is 0.338 e. The van der Waals surface area contributed by atoms with Gasteiger partial charge in [-0.3, -0.25) is 0 Å². The minimum absolute atomic E-state index is 0.0554. The molecule has 0 aliphatic carbocycles. The number of fused-ring (bicyclic) bond motifs is 1. The molecule has 1 N–H and O–H groups in total. The van der Waals surface area contributed by atoms with Gasteiger partial charge in [0.05, 0.1) is 12.1 Å². The first-order chi connectivity index (χ1) is 10.7. The third-order valence-corrected chi connectivity index (χ3v) is 3.84. The van der Waals surface area contributed by atoms with Gasteiger partial charge in [-0.05, 0) is 25.5 Å². The van der Waals surface area contributed by atoms with Gasteiger partial charge in [-0.15, -0.1) is 0 Å². The second-order valence-corrected chi connectivity index (χ2v) is 5.60. The first-order valence-corrected chi connectivity index (χ1v) is 8.10. The van der Waals surface area contributed by atoms with Crippen LogP contribution in [0.2, 0.25) is 5.15 Å². The van der Waals surface area contributed by atoms with Crippen molar-refractivity contribution in [3.8, 4) is 0 Å². The molecule has 22 heavy (non-hydrogen) atoms. The lowest BCUT2D eigenvalue weighted by atomic mass is 10.1. The standard InChI is InChI=1S/C17H22ClN3O/c1-3-5-10-21(17(22)19-4-2)12-14-11-13-8-6-7-9-15(13)20-16(14)18/h6-9,11H,3-5,10,12H2,1-2H3,(H,19,22). The van der Waals surface area contributed by atoms with Gasteiger partial charge in [-0.25, -0.2) is 9.78 Å². The van der Waals surface area contributed by atoms with Crippen LogP contribution < -0.4 is 5.32 Å². The number of unbranched alkanes of at least 4 members (excludes halogenated alkanes) is 1. The number of rotatable bonds is 6. The number of carbonyl (C=O) groups is 1. The lowest BCUT2D eigenvalue weighted by molar-refractivity contribution is 0.195. The van der Waals surface area contributed by atoms with E-state index in [1.165, 1.54) is 0 Å². The molecule has 0 spiro atoms. The first-order valence-electron chi connectivity index (χ1n) is 7.72. The molecule has 1 aromatic heterocycles. The van der Waals surface area contributed by atoms with Crippen molar-refractivity contribution in [2.45, 2.75) is 33.2 Å².